The van der Waals surface area contributed by atoms with E-state index in [0.29, 0.717) is 18.5 Å². The molecule has 5 heteroatoms. The van der Waals surface area contributed by atoms with Crippen molar-refractivity contribution in [3.8, 4) is 5.69 Å². The maximum atomic E-state index is 12.5. The van der Waals surface area contributed by atoms with E-state index >= 15 is 0 Å². The summed E-state index contributed by atoms with van der Waals surface area (Å²) in [7, 11) is 0. The van der Waals surface area contributed by atoms with Crippen molar-refractivity contribution in [1.29, 1.82) is 0 Å². The largest absolute Gasteiger partial charge is 0.368 e. The molecule has 0 aliphatic carbocycles. The van der Waals surface area contributed by atoms with Crippen LogP contribution in [0.15, 0.2) is 48.8 Å². The van der Waals surface area contributed by atoms with Crippen molar-refractivity contribution in [2.75, 3.05) is 6.54 Å². The van der Waals surface area contributed by atoms with Gasteiger partial charge in [0.1, 0.15) is 6.04 Å². The lowest BCUT2D eigenvalue weighted by atomic mass is 10.1. The SMILES string of the molecule is NC(=O)[C@H]1CCCN1C(=O)c1ccc(-n2cccc2)cc1. The highest BCUT2D eigenvalue weighted by atomic mass is 16.2. The van der Waals surface area contributed by atoms with Crippen molar-refractivity contribution in [3.05, 3.63) is 54.4 Å². The van der Waals surface area contributed by atoms with Crippen LogP contribution in [0.3, 0.4) is 0 Å². The molecule has 3 rings (SSSR count). The molecule has 1 fully saturated rings. The van der Waals surface area contributed by atoms with Gasteiger partial charge in [-0.3, -0.25) is 9.59 Å². The number of amides is 2. The highest BCUT2D eigenvalue weighted by Gasteiger charge is 2.32. The average Bonchev–Trinajstić information content (AvgIpc) is 3.18. The topological polar surface area (TPSA) is 68.3 Å². The zero-order valence-corrected chi connectivity index (χ0v) is 11.6. The zero-order chi connectivity index (χ0) is 14.8. The highest BCUT2D eigenvalue weighted by molar-refractivity contribution is 5.97. The molecule has 1 saturated heterocycles. The summed E-state index contributed by atoms with van der Waals surface area (Å²) in [6.45, 7) is 0.589. The Kier molecular flexibility index (Phi) is 3.48. The summed E-state index contributed by atoms with van der Waals surface area (Å²) in [4.78, 5) is 25.4. The van der Waals surface area contributed by atoms with Crippen molar-refractivity contribution < 1.29 is 9.59 Å². The fraction of sp³-hybridized carbons (Fsp3) is 0.250. The highest BCUT2D eigenvalue weighted by Crippen LogP contribution is 2.20. The first-order chi connectivity index (χ1) is 10.2. The minimum absolute atomic E-state index is 0.129. The van der Waals surface area contributed by atoms with Crippen molar-refractivity contribution in [2.45, 2.75) is 18.9 Å². The Bertz CT molecular complexity index is 647. The molecule has 0 saturated carbocycles. The number of hydrogen-bond donors (Lipinski definition) is 1. The second-order valence-corrected chi connectivity index (χ2v) is 5.20. The van der Waals surface area contributed by atoms with Crippen molar-refractivity contribution in [2.24, 2.45) is 5.73 Å². The van der Waals surface area contributed by atoms with Crippen LogP contribution in [0.25, 0.3) is 5.69 Å². The van der Waals surface area contributed by atoms with Crippen LogP contribution in [0.1, 0.15) is 23.2 Å². The van der Waals surface area contributed by atoms with Crippen LogP contribution in [0, 0.1) is 0 Å². The number of primary amides is 1. The maximum absolute atomic E-state index is 12.5. The molecule has 1 aliphatic heterocycles. The zero-order valence-electron chi connectivity index (χ0n) is 11.6. The summed E-state index contributed by atoms with van der Waals surface area (Å²) < 4.78 is 1.97. The van der Waals surface area contributed by atoms with Gasteiger partial charge in [-0.2, -0.15) is 0 Å². The normalized spacial score (nSPS) is 17.9. The third-order valence-corrected chi connectivity index (χ3v) is 3.86. The standard InChI is InChI=1S/C16H17N3O2/c17-15(20)14-4-3-11-19(14)16(21)12-5-7-13(8-6-12)18-9-1-2-10-18/h1-2,5-10,14H,3-4,11H2,(H2,17,20)/t14-/m1/s1. The minimum Gasteiger partial charge on any atom is -0.368 e. The summed E-state index contributed by atoms with van der Waals surface area (Å²) in [6, 6.07) is 10.8. The Morgan fingerprint density at radius 1 is 1.10 bits per heavy atom. The maximum Gasteiger partial charge on any atom is 0.254 e. The van der Waals surface area contributed by atoms with Gasteiger partial charge in [0.05, 0.1) is 0 Å². The molecule has 2 N–H and O–H groups in total. The van der Waals surface area contributed by atoms with E-state index in [9.17, 15) is 9.59 Å². The van der Waals surface area contributed by atoms with E-state index in [0.717, 1.165) is 12.1 Å². The molecule has 1 aliphatic rings. The van der Waals surface area contributed by atoms with Crippen molar-refractivity contribution in [3.63, 3.8) is 0 Å². The van der Waals surface area contributed by atoms with Gasteiger partial charge >= 0.3 is 0 Å². The predicted molar refractivity (Wildman–Crippen MR) is 79.0 cm³/mol. The van der Waals surface area contributed by atoms with Crippen LogP contribution in [0.4, 0.5) is 0 Å². The molecule has 1 aromatic heterocycles. The Hall–Kier alpha value is -2.56. The Labute approximate surface area is 123 Å². The van der Waals surface area contributed by atoms with Crippen LogP contribution in [-0.4, -0.2) is 33.9 Å². The summed E-state index contributed by atoms with van der Waals surface area (Å²) in [5, 5.41) is 0. The first-order valence-electron chi connectivity index (χ1n) is 7.00. The fourth-order valence-corrected chi connectivity index (χ4v) is 2.75. The molecule has 2 aromatic rings. The average molecular weight is 283 g/mol. The summed E-state index contributed by atoms with van der Waals surface area (Å²) in [6.07, 6.45) is 5.37. The lowest BCUT2D eigenvalue weighted by molar-refractivity contribution is -0.121. The van der Waals surface area contributed by atoms with Gasteiger partial charge in [0.25, 0.3) is 5.91 Å². The molecule has 0 bridgehead atoms. The van der Waals surface area contributed by atoms with E-state index in [2.05, 4.69) is 0 Å². The van der Waals surface area contributed by atoms with E-state index in [-0.39, 0.29) is 5.91 Å². The van der Waals surface area contributed by atoms with Gasteiger partial charge in [0.2, 0.25) is 5.91 Å². The van der Waals surface area contributed by atoms with E-state index < -0.39 is 11.9 Å². The Morgan fingerprint density at radius 2 is 1.76 bits per heavy atom. The lowest BCUT2D eigenvalue weighted by Crippen LogP contribution is -2.43. The molecule has 21 heavy (non-hydrogen) atoms. The third kappa shape index (κ3) is 2.54. The molecular formula is C16H17N3O2. The molecular weight excluding hydrogens is 266 g/mol. The Morgan fingerprint density at radius 3 is 2.38 bits per heavy atom. The van der Waals surface area contributed by atoms with Gasteiger partial charge in [-0.25, -0.2) is 0 Å². The number of hydrogen-bond acceptors (Lipinski definition) is 2. The summed E-state index contributed by atoms with van der Waals surface area (Å²) in [5.41, 5.74) is 6.93. The molecule has 0 spiro atoms. The number of carbonyl (C=O) groups is 2. The first kappa shape index (κ1) is 13.4. The summed E-state index contributed by atoms with van der Waals surface area (Å²) >= 11 is 0. The molecule has 2 amide bonds. The number of likely N-dealkylation sites (tertiary alicyclic amines) is 1. The molecule has 1 atom stereocenters. The van der Waals surface area contributed by atoms with Gasteiger partial charge in [0.15, 0.2) is 0 Å². The number of benzene rings is 1. The van der Waals surface area contributed by atoms with E-state index in [1.165, 1.54) is 0 Å². The van der Waals surface area contributed by atoms with Crippen molar-refractivity contribution in [1.82, 2.24) is 9.47 Å². The quantitative estimate of drug-likeness (QED) is 0.929. The molecule has 108 valence electrons. The third-order valence-electron chi connectivity index (χ3n) is 3.86. The van der Waals surface area contributed by atoms with Crippen LogP contribution in [-0.2, 0) is 4.79 Å². The molecule has 5 nitrogen and oxygen atoms in total. The van der Waals surface area contributed by atoms with Gasteiger partial charge in [-0.1, -0.05) is 0 Å². The smallest absolute Gasteiger partial charge is 0.254 e. The predicted octanol–water partition coefficient (Wildman–Crippen LogP) is 1.57. The fourth-order valence-electron chi connectivity index (χ4n) is 2.75. The molecule has 0 unspecified atom stereocenters. The number of carbonyl (C=O) groups excluding carboxylic acids is 2. The van der Waals surface area contributed by atoms with Gasteiger partial charge < -0.3 is 15.2 Å². The van der Waals surface area contributed by atoms with Crippen LogP contribution in [0.5, 0.6) is 0 Å². The molecule has 1 aromatic carbocycles. The van der Waals surface area contributed by atoms with Crippen molar-refractivity contribution >= 4 is 11.8 Å². The van der Waals surface area contributed by atoms with Gasteiger partial charge in [0, 0.05) is 30.2 Å². The molecule has 0 radical (unpaired) electrons. The number of nitrogens with zero attached hydrogens (tertiary/aromatic N) is 2. The number of aromatic nitrogens is 1. The first-order valence-corrected chi connectivity index (χ1v) is 7.00. The van der Waals surface area contributed by atoms with Crippen LogP contribution < -0.4 is 5.73 Å². The summed E-state index contributed by atoms with van der Waals surface area (Å²) in [5.74, 6) is -0.555. The Balaban J connectivity index is 1.80. The number of rotatable bonds is 3. The number of nitrogens with two attached hydrogens (primary N) is 1. The lowest BCUT2D eigenvalue weighted by Gasteiger charge is -2.22. The van der Waals surface area contributed by atoms with E-state index in [4.69, 9.17) is 5.73 Å². The minimum atomic E-state index is -0.471. The van der Waals surface area contributed by atoms with Crippen LogP contribution in [0.2, 0.25) is 0 Å². The van der Waals surface area contributed by atoms with E-state index in [1.54, 1.807) is 17.0 Å². The van der Waals surface area contributed by atoms with Gasteiger partial charge in [-0.05, 0) is 49.2 Å². The molecule has 2 heterocycles. The van der Waals surface area contributed by atoms with Gasteiger partial charge in [-0.15, -0.1) is 0 Å². The van der Waals surface area contributed by atoms with E-state index in [1.807, 2.05) is 41.2 Å². The second kappa shape index (κ2) is 5.44. The second-order valence-electron chi connectivity index (χ2n) is 5.20. The monoisotopic (exact) mass is 283 g/mol. The van der Waals surface area contributed by atoms with Crippen LogP contribution >= 0.6 is 0 Å².